The van der Waals surface area contributed by atoms with Gasteiger partial charge in [-0.25, -0.2) is 0 Å². The second-order valence-electron chi connectivity index (χ2n) is 7.80. The molecule has 148 valence electrons. The van der Waals surface area contributed by atoms with E-state index in [1.165, 1.54) is 91.1 Å². The zero-order chi connectivity index (χ0) is 15.9. The van der Waals surface area contributed by atoms with E-state index in [0.29, 0.717) is 6.61 Å². The molecule has 3 aliphatic heterocycles. The summed E-state index contributed by atoms with van der Waals surface area (Å²) in [6.45, 7) is 13.7. The van der Waals surface area contributed by atoms with Crippen molar-refractivity contribution in [2.24, 2.45) is 11.8 Å². The van der Waals surface area contributed by atoms with Gasteiger partial charge in [-0.05, 0) is 63.7 Å². The Balaban J connectivity index is 0.00000156. The van der Waals surface area contributed by atoms with Crippen molar-refractivity contribution in [3.05, 3.63) is 7.43 Å². The molecule has 5 nitrogen and oxygen atoms in total. The Morgan fingerprint density at radius 1 is 0.720 bits per heavy atom. The van der Waals surface area contributed by atoms with Crippen molar-refractivity contribution in [3.8, 4) is 0 Å². The van der Waals surface area contributed by atoms with Crippen LogP contribution in [0.3, 0.4) is 0 Å². The molecule has 0 unspecified atom stereocenters. The molecule has 0 aromatic heterocycles. The van der Waals surface area contributed by atoms with Crippen molar-refractivity contribution in [3.63, 3.8) is 0 Å². The van der Waals surface area contributed by atoms with Crippen LogP contribution in [0.15, 0.2) is 0 Å². The van der Waals surface area contributed by atoms with Gasteiger partial charge in [0, 0.05) is 66.9 Å². The predicted octanol–water partition coefficient (Wildman–Crippen LogP) is 0.756. The third-order valence-electron chi connectivity index (χ3n) is 6.08. The summed E-state index contributed by atoms with van der Waals surface area (Å²) < 4.78 is 0. The fourth-order valence-corrected chi connectivity index (χ4v) is 4.48. The van der Waals surface area contributed by atoms with E-state index in [2.05, 4.69) is 20.0 Å². The number of rotatable bonds is 6. The van der Waals surface area contributed by atoms with E-state index in [-0.39, 0.29) is 28.5 Å². The van der Waals surface area contributed by atoms with Crippen molar-refractivity contribution in [2.75, 3.05) is 78.6 Å². The molecule has 6 heteroatoms. The maximum absolute atomic E-state index is 9.03. The molecule has 3 saturated heterocycles. The summed E-state index contributed by atoms with van der Waals surface area (Å²) in [6, 6.07) is 0. The Morgan fingerprint density at radius 2 is 1.20 bits per heavy atom. The average molecular weight is 523 g/mol. The average Bonchev–Trinajstić information content (AvgIpc) is 2.60. The van der Waals surface area contributed by atoms with Crippen LogP contribution >= 0.6 is 0 Å². The first-order valence-corrected chi connectivity index (χ1v) is 9.82. The van der Waals surface area contributed by atoms with Crippen LogP contribution in [-0.2, 0) is 21.1 Å². The Labute approximate surface area is 169 Å². The van der Waals surface area contributed by atoms with E-state index >= 15 is 0 Å². The number of piperazine rings is 1. The normalized spacial score (nSPS) is 25.3. The molecule has 0 saturated carbocycles. The third kappa shape index (κ3) is 7.94. The third-order valence-corrected chi connectivity index (χ3v) is 6.08. The largest absolute Gasteiger partial charge is 0.395 e. The molecule has 0 radical (unpaired) electrons. The van der Waals surface area contributed by atoms with Crippen LogP contribution < -0.4 is 5.32 Å². The quantitative estimate of drug-likeness (QED) is 0.504. The van der Waals surface area contributed by atoms with Crippen LogP contribution in [0, 0.1) is 19.3 Å². The fraction of sp³-hybridized carbons (Fsp3) is 0.947. The molecular formula is C19H39N4OW-. The van der Waals surface area contributed by atoms with Crippen LogP contribution in [0.1, 0.15) is 25.7 Å². The van der Waals surface area contributed by atoms with Crippen molar-refractivity contribution in [2.45, 2.75) is 25.7 Å². The van der Waals surface area contributed by atoms with Crippen molar-refractivity contribution >= 4 is 0 Å². The number of aliphatic hydroxyl groups excluding tert-OH is 1. The van der Waals surface area contributed by atoms with Gasteiger partial charge < -0.3 is 32.5 Å². The van der Waals surface area contributed by atoms with Crippen molar-refractivity contribution in [1.82, 2.24) is 20.0 Å². The van der Waals surface area contributed by atoms with E-state index in [0.717, 1.165) is 18.4 Å². The molecule has 3 aliphatic rings. The molecule has 2 N–H and O–H groups in total. The van der Waals surface area contributed by atoms with Gasteiger partial charge in [-0.15, -0.1) is 0 Å². The first-order valence-electron chi connectivity index (χ1n) is 9.82. The van der Waals surface area contributed by atoms with Crippen LogP contribution in [0.5, 0.6) is 0 Å². The van der Waals surface area contributed by atoms with Crippen LogP contribution in [0.4, 0.5) is 0 Å². The van der Waals surface area contributed by atoms with Crippen LogP contribution in [-0.4, -0.2) is 98.4 Å². The Hall–Kier alpha value is 0.488. The van der Waals surface area contributed by atoms with Gasteiger partial charge in [0.15, 0.2) is 0 Å². The number of hydrogen-bond donors (Lipinski definition) is 2. The fourth-order valence-electron chi connectivity index (χ4n) is 4.48. The Bertz CT molecular complexity index is 325. The minimum absolute atomic E-state index is 0. The number of piperidine rings is 2. The molecule has 0 aromatic carbocycles. The minimum Gasteiger partial charge on any atom is -0.395 e. The second kappa shape index (κ2) is 12.8. The Morgan fingerprint density at radius 3 is 1.68 bits per heavy atom. The van der Waals surface area contributed by atoms with Crippen molar-refractivity contribution < 1.29 is 26.2 Å². The molecule has 0 atom stereocenters. The minimum atomic E-state index is 0. The SMILES string of the molecule is OCCN1CCC(CN2CCN(CC3CCNCC3)CC2)CC1.[CH3-].[W]. The standard InChI is InChI=1S/C18H36N4O.CH3.W/c23-14-13-20-7-3-18(4-8-20)16-22-11-9-21(10-12-22)15-17-1-5-19-6-2-17;;/h17-19,23H,1-16H2;1H3;/q;-1;. The number of nitrogens with zero attached hydrogens (tertiary/aromatic N) is 3. The zero-order valence-corrected chi connectivity index (χ0v) is 19.1. The molecule has 0 aromatic rings. The van der Waals surface area contributed by atoms with Gasteiger partial charge in [0.2, 0.25) is 0 Å². The summed E-state index contributed by atoms with van der Waals surface area (Å²) in [5.74, 6) is 1.81. The summed E-state index contributed by atoms with van der Waals surface area (Å²) in [6.07, 6.45) is 5.36. The molecule has 3 heterocycles. The molecule has 3 fully saturated rings. The summed E-state index contributed by atoms with van der Waals surface area (Å²) >= 11 is 0. The van der Waals surface area contributed by atoms with Gasteiger partial charge in [-0.2, -0.15) is 0 Å². The number of aliphatic hydroxyl groups is 1. The molecule has 0 bridgehead atoms. The van der Waals surface area contributed by atoms with Gasteiger partial charge >= 0.3 is 0 Å². The smallest absolute Gasteiger partial charge is 0.0558 e. The summed E-state index contributed by atoms with van der Waals surface area (Å²) in [5.41, 5.74) is 0. The van der Waals surface area contributed by atoms with E-state index in [9.17, 15) is 0 Å². The van der Waals surface area contributed by atoms with Crippen LogP contribution in [0.25, 0.3) is 0 Å². The molecular weight excluding hydrogens is 484 g/mol. The van der Waals surface area contributed by atoms with Gasteiger partial charge in [-0.3, -0.25) is 0 Å². The number of β-amino-alcohol motifs (C(OH)–C–C–N with tert-alkyl or cyclic N) is 1. The molecule has 0 spiro atoms. The van der Waals surface area contributed by atoms with Crippen molar-refractivity contribution in [1.29, 1.82) is 0 Å². The van der Waals surface area contributed by atoms with Gasteiger partial charge in [0.25, 0.3) is 0 Å². The molecule has 0 aliphatic carbocycles. The first kappa shape index (κ1) is 23.5. The summed E-state index contributed by atoms with van der Waals surface area (Å²) in [7, 11) is 0. The van der Waals surface area contributed by atoms with E-state index in [4.69, 9.17) is 5.11 Å². The number of likely N-dealkylation sites (tertiary alicyclic amines) is 1. The Kier molecular flexibility index (Phi) is 12.0. The van der Waals surface area contributed by atoms with E-state index in [1.807, 2.05) is 0 Å². The van der Waals surface area contributed by atoms with Gasteiger partial charge in [0.05, 0.1) is 6.61 Å². The second-order valence-corrected chi connectivity index (χ2v) is 7.80. The van der Waals surface area contributed by atoms with E-state index in [1.54, 1.807) is 0 Å². The summed E-state index contributed by atoms with van der Waals surface area (Å²) in [4.78, 5) is 7.81. The van der Waals surface area contributed by atoms with E-state index < -0.39 is 0 Å². The van der Waals surface area contributed by atoms with Gasteiger partial charge in [0.1, 0.15) is 0 Å². The molecule has 25 heavy (non-hydrogen) atoms. The number of nitrogens with one attached hydrogen (secondary N) is 1. The monoisotopic (exact) mass is 523 g/mol. The predicted molar refractivity (Wildman–Crippen MR) is 101 cm³/mol. The summed E-state index contributed by atoms with van der Waals surface area (Å²) in [5, 5.41) is 12.5. The number of hydrogen-bond acceptors (Lipinski definition) is 5. The maximum Gasteiger partial charge on any atom is 0.0558 e. The molecule has 0 amide bonds. The topological polar surface area (TPSA) is 42.0 Å². The first-order chi connectivity index (χ1) is 11.3. The van der Waals surface area contributed by atoms with Gasteiger partial charge in [-0.1, -0.05) is 0 Å². The van der Waals surface area contributed by atoms with Crippen LogP contribution in [0.2, 0.25) is 0 Å². The molecule has 3 rings (SSSR count). The maximum atomic E-state index is 9.03. The zero-order valence-electron chi connectivity index (χ0n) is 16.2.